The molecule has 0 radical (unpaired) electrons. The van der Waals surface area contributed by atoms with Gasteiger partial charge in [0.25, 0.3) is 0 Å². The zero-order valence-electron chi connectivity index (χ0n) is 11.9. The Morgan fingerprint density at radius 2 is 2.00 bits per heavy atom. The Labute approximate surface area is 125 Å². The first kappa shape index (κ1) is 15.3. The first-order chi connectivity index (χ1) is 9.65. The molecule has 20 heavy (non-hydrogen) atoms. The summed E-state index contributed by atoms with van der Waals surface area (Å²) in [6, 6.07) is 8.05. The lowest BCUT2D eigenvalue weighted by Crippen LogP contribution is -2.45. The second kappa shape index (κ2) is 7.62. The van der Waals surface area contributed by atoms with Gasteiger partial charge in [0.15, 0.2) is 0 Å². The summed E-state index contributed by atoms with van der Waals surface area (Å²) in [7, 11) is 2.03. The van der Waals surface area contributed by atoms with E-state index >= 15 is 0 Å². The first-order valence-corrected chi connectivity index (χ1v) is 7.45. The number of amides is 1. The van der Waals surface area contributed by atoms with Gasteiger partial charge in [0, 0.05) is 17.6 Å². The van der Waals surface area contributed by atoms with E-state index in [0.717, 1.165) is 31.5 Å². The van der Waals surface area contributed by atoms with E-state index in [2.05, 4.69) is 15.5 Å². The smallest absolute Gasteiger partial charge is 0.234 e. The van der Waals surface area contributed by atoms with E-state index in [1.54, 1.807) is 0 Å². The fourth-order valence-corrected chi connectivity index (χ4v) is 2.59. The molecule has 1 aliphatic heterocycles. The summed E-state index contributed by atoms with van der Waals surface area (Å²) >= 11 is 5.83. The fourth-order valence-electron chi connectivity index (χ4n) is 2.46. The maximum atomic E-state index is 11.9. The van der Waals surface area contributed by atoms with Crippen molar-refractivity contribution in [2.75, 3.05) is 26.7 Å². The van der Waals surface area contributed by atoms with E-state index in [1.165, 1.54) is 0 Å². The average molecular weight is 296 g/mol. The van der Waals surface area contributed by atoms with Gasteiger partial charge in [-0.15, -0.1) is 0 Å². The van der Waals surface area contributed by atoms with Gasteiger partial charge in [-0.3, -0.25) is 9.69 Å². The van der Waals surface area contributed by atoms with Crippen molar-refractivity contribution >= 4 is 17.5 Å². The first-order valence-electron chi connectivity index (χ1n) is 7.07. The Kier molecular flexibility index (Phi) is 5.83. The van der Waals surface area contributed by atoms with Crippen LogP contribution in [0.4, 0.5) is 0 Å². The predicted octanol–water partition coefficient (Wildman–Crippen LogP) is 1.64. The topological polar surface area (TPSA) is 44.4 Å². The number of nitrogens with zero attached hydrogens (tertiary/aromatic N) is 1. The summed E-state index contributed by atoms with van der Waals surface area (Å²) in [6.07, 6.45) is 2.22. The largest absolute Gasteiger partial charge is 0.351 e. The highest BCUT2D eigenvalue weighted by Gasteiger charge is 2.19. The minimum absolute atomic E-state index is 0.0704. The van der Waals surface area contributed by atoms with Crippen LogP contribution in [0.15, 0.2) is 24.3 Å². The number of likely N-dealkylation sites (N-methyl/N-ethyl adjacent to an activating group) is 1. The second-order valence-corrected chi connectivity index (χ2v) is 5.74. The molecule has 1 fully saturated rings. The quantitative estimate of drug-likeness (QED) is 0.868. The highest BCUT2D eigenvalue weighted by atomic mass is 35.5. The summed E-state index contributed by atoms with van der Waals surface area (Å²) in [5.74, 6) is 0.0704. The van der Waals surface area contributed by atoms with Crippen molar-refractivity contribution in [1.29, 1.82) is 0 Å². The van der Waals surface area contributed by atoms with E-state index in [4.69, 9.17) is 11.6 Å². The van der Waals surface area contributed by atoms with Gasteiger partial charge in [0.1, 0.15) is 0 Å². The summed E-state index contributed by atoms with van der Waals surface area (Å²) in [4.78, 5) is 14.1. The van der Waals surface area contributed by atoms with E-state index in [0.29, 0.717) is 24.2 Å². The Balaban J connectivity index is 1.73. The van der Waals surface area contributed by atoms with Gasteiger partial charge in [0.05, 0.1) is 6.54 Å². The summed E-state index contributed by atoms with van der Waals surface area (Å²) in [5, 5.41) is 7.00. The van der Waals surface area contributed by atoms with E-state index in [-0.39, 0.29) is 5.91 Å². The SMILES string of the molecule is CN(CC(=O)NCc1ccc(Cl)cc1)C1CCNCC1. The van der Waals surface area contributed by atoms with Crippen LogP contribution in [0, 0.1) is 0 Å². The van der Waals surface area contributed by atoms with Crippen molar-refractivity contribution in [2.24, 2.45) is 0 Å². The van der Waals surface area contributed by atoms with Crippen molar-refractivity contribution in [2.45, 2.75) is 25.4 Å². The number of rotatable bonds is 5. The van der Waals surface area contributed by atoms with Crippen LogP contribution >= 0.6 is 11.6 Å². The zero-order chi connectivity index (χ0) is 14.4. The molecule has 1 amide bonds. The van der Waals surface area contributed by atoms with Gasteiger partial charge >= 0.3 is 0 Å². The molecule has 110 valence electrons. The number of carbonyl (C=O) groups is 1. The zero-order valence-corrected chi connectivity index (χ0v) is 12.6. The molecule has 0 atom stereocenters. The number of nitrogens with one attached hydrogen (secondary N) is 2. The van der Waals surface area contributed by atoms with Gasteiger partial charge in [-0.2, -0.15) is 0 Å². The standard InChI is InChI=1S/C15H22ClN3O/c1-19(14-6-8-17-9-7-14)11-15(20)18-10-12-2-4-13(16)5-3-12/h2-5,14,17H,6-11H2,1H3,(H,18,20). The molecular formula is C15H22ClN3O. The number of benzene rings is 1. The fraction of sp³-hybridized carbons (Fsp3) is 0.533. The van der Waals surface area contributed by atoms with E-state index in [1.807, 2.05) is 31.3 Å². The molecule has 1 heterocycles. The molecule has 0 aromatic heterocycles. The van der Waals surface area contributed by atoms with Crippen molar-refractivity contribution in [3.63, 3.8) is 0 Å². The molecule has 0 saturated carbocycles. The maximum absolute atomic E-state index is 11.9. The number of hydrogen-bond donors (Lipinski definition) is 2. The highest BCUT2D eigenvalue weighted by Crippen LogP contribution is 2.10. The van der Waals surface area contributed by atoms with Crippen LogP contribution in [0.2, 0.25) is 5.02 Å². The van der Waals surface area contributed by atoms with Crippen LogP contribution in [-0.2, 0) is 11.3 Å². The molecule has 5 heteroatoms. The van der Waals surface area contributed by atoms with Gasteiger partial charge in [-0.05, 0) is 50.7 Å². The van der Waals surface area contributed by atoms with Crippen molar-refractivity contribution < 1.29 is 4.79 Å². The number of halogens is 1. The minimum Gasteiger partial charge on any atom is -0.351 e. The lowest BCUT2D eigenvalue weighted by Gasteiger charge is -2.31. The predicted molar refractivity (Wildman–Crippen MR) is 81.8 cm³/mol. The minimum atomic E-state index is 0.0704. The lowest BCUT2D eigenvalue weighted by atomic mass is 10.1. The molecule has 2 rings (SSSR count). The maximum Gasteiger partial charge on any atom is 0.234 e. The normalized spacial score (nSPS) is 16.4. The number of carbonyl (C=O) groups excluding carboxylic acids is 1. The van der Waals surface area contributed by atoms with E-state index < -0.39 is 0 Å². The molecule has 2 N–H and O–H groups in total. The Hall–Kier alpha value is -1.10. The van der Waals surface area contributed by atoms with Crippen LogP contribution in [-0.4, -0.2) is 43.5 Å². The number of piperidine rings is 1. The summed E-state index contributed by atoms with van der Waals surface area (Å²) in [6.45, 7) is 3.09. The Morgan fingerprint density at radius 3 is 2.65 bits per heavy atom. The molecule has 1 aliphatic rings. The summed E-state index contributed by atoms with van der Waals surface area (Å²) < 4.78 is 0. The average Bonchev–Trinajstić information content (AvgIpc) is 2.47. The molecule has 4 nitrogen and oxygen atoms in total. The molecule has 0 spiro atoms. The molecule has 0 bridgehead atoms. The molecule has 1 aromatic carbocycles. The Bertz CT molecular complexity index is 429. The van der Waals surface area contributed by atoms with Crippen LogP contribution in [0.25, 0.3) is 0 Å². The molecule has 1 aromatic rings. The van der Waals surface area contributed by atoms with Crippen molar-refractivity contribution in [3.8, 4) is 0 Å². The van der Waals surface area contributed by atoms with Gasteiger partial charge in [0.2, 0.25) is 5.91 Å². The van der Waals surface area contributed by atoms with Crippen LogP contribution in [0.5, 0.6) is 0 Å². The molecule has 1 saturated heterocycles. The third-order valence-corrected chi connectivity index (χ3v) is 3.98. The molecule has 0 aliphatic carbocycles. The Morgan fingerprint density at radius 1 is 1.35 bits per heavy atom. The van der Waals surface area contributed by atoms with E-state index in [9.17, 15) is 4.79 Å². The second-order valence-electron chi connectivity index (χ2n) is 5.30. The number of hydrogen-bond acceptors (Lipinski definition) is 3. The van der Waals surface area contributed by atoms with Gasteiger partial charge < -0.3 is 10.6 Å². The monoisotopic (exact) mass is 295 g/mol. The van der Waals surface area contributed by atoms with Crippen LogP contribution < -0.4 is 10.6 Å². The van der Waals surface area contributed by atoms with Crippen LogP contribution in [0.1, 0.15) is 18.4 Å². The highest BCUT2D eigenvalue weighted by molar-refractivity contribution is 6.30. The molecular weight excluding hydrogens is 274 g/mol. The van der Waals surface area contributed by atoms with Gasteiger partial charge in [-0.25, -0.2) is 0 Å². The van der Waals surface area contributed by atoms with Crippen molar-refractivity contribution in [3.05, 3.63) is 34.9 Å². The van der Waals surface area contributed by atoms with Crippen molar-refractivity contribution in [1.82, 2.24) is 15.5 Å². The summed E-state index contributed by atoms with van der Waals surface area (Å²) in [5.41, 5.74) is 1.06. The molecule has 0 unspecified atom stereocenters. The van der Waals surface area contributed by atoms with Crippen LogP contribution in [0.3, 0.4) is 0 Å². The lowest BCUT2D eigenvalue weighted by molar-refractivity contribution is -0.122. The third-order valence-electron chi connectivity index (χ3n) is 3.73. The van der Waals surface area contributed by atoms with Gasteiger partial charge in [-0.1, -0.05) is 23.7 Å². The third kappa shape index (κ3) is 4.78.